The molecule has 5 nitrogen and oxygen atoms in total. The second kappa shape index (κ2) is 10.9. The predicted molar refractivity (Wildman–Crippen MR) is 108 cm³/mol. The lowest BCUT2D eigenvalue weighted by Gasteiger charge is -2.41. The third-order valence-corrected chi connectivity index (χ3v) is 5.18. The summed E-state index contributed by atoms with van der Waals surface area (Å²) in [6, 6.07) is 0.0106. The van der Waals surface area contributed by atoms with Crippen molar-refractivity contribution in [1.82, 2.24) is 15.5 Å². The highest BCUT2D eigenvalue weighted by Crippen LogP contribution is 2.44. The molecule has 0 bridgehead atoms. The van der Waals surface area contributed by atoms with Gasteiger partial charge in [0.05, 0.1) is 6.54 Å². The monoisotopic (exact) mass is 492 g/mol. The largest absolute Gasteiger partial charge is 0.401 e. The van der Waals surface area contributed by atoms with Crippen molar-refractivity contribution in [2.75, 3.05) is 46.4 Å². The fraction of sp³-hybridized carbons (Fsp3) is 0.941. The number of nitrogens with one attached hydrogen (secondary N) is 2. The Morgan fingerprint density at radius 2 is 2.08 bits per heavy atom. The molecule has 0 radical (unpaired) electrons. The van der Waals surface area contributed by atoms with E-state index in [9.17, 15) is 13.2 Å². The molecule has 9 heteroatoms. The maximum atomic E-state index is 12.5. The number of likely N-dealkylation sites (tertiary alicyclic amines) is 1. The molecule has 2 aliphatic rings. The molecule has 26 heavy (non-hydrogen) atoms. The molecule has 1 saturated carbocycles. The first kappa shape index (κ1) is 23.7. The molecule has 2 rings (SSSR count). The molecule has 0 aromatic heterocycles. The van der Waals surface area contributed by atoms with E-state index in [1.807, 2.05) is 6.92 Å². The molecule has 0 amide bonds. The normalized spacial score (nSPS) is 23.3. The minimum atomic E-state index is -4.13. The molecule has 1 aliphatic carbocycles. The second-order valence-corrected chi connectivity index (χ2v) is 7.27. The molecular weight excluding hydrogens is 460 g/mol. The van der Waals surface area contributed by atoms with Crippen LogP contribution in [-0.2, 0) is 4.74 Å². The van der Waals surface area contributed by atoms with E-state index >= 15 is 0 Å². The van der Waals surface area contributed by atoms with Crippen molar-refractivity contribution in [3.05, 3.63) is 0 Å². The van der Waals surface area contributed by atoms with Gasteiger partial charge in [-0.1, -0.05) is 6.42 Å². The number of methoxy groups -OCH3 is 1. The van der Waals surface area contributed by atoms with Crippen LogP contribution in [0.3, 0.4) is 0 Å². The molecule has 1 heterocycles. The first-order valence-electron chi connectivity index (χ1n) is 9.19. The number of ether oxygens (including phenoxy) is 1. The van der Waals surface area contributed by atoms with E-state index in [4.69, 9.17) is 9.73 Å². The fourth-order valence-corrected chi connectivity index (χ4v) is 3.59. The van der Waals surface area contributed by atoms with Gasteiger partial charge in [0.15, 0.2) is 5.96 Å². The summed E-state index contributed by atoms with van der Waals surface area (Å²) in [7, 11) is 1.72. The standard InChI is InChI=1S/C17H31F3N4O.HI/c1-3-21-15(22-12-16(6-4-7-16)8-10-25-2)23-14-5-9-24(11-14)13-17(18,19)20;/h14H,3-13H2,1-2H3,(H2,21,22,23);1H. The van der Waals surface area contributed by atoms with E-state index in [1.54, 1.807) is 7.11 Å². The zero-order chi connectivity index (χ0) is 18.3. The molecule has 0 spiro atoms. The van der Waals surface area contributed by atoms with Gasteiger partial charge in [-0.15, -0.1) is 24.0 Å². The van der Waals surface area contributed by atoms with Gasteiger partial charge >= 0.3 is 6.18 Å². The number of aliphatic imine (C=N–C) groups is 1. The van der Waals surface area contributed by atoms with Crippen LogP contribution >= 0.6 is 24.0 Å². The van der Waals surface area contributed by atoms with Crippen molar-refractivity contribution < 1.29 is 17.9 Å². The highest BCUT2D eigenvalue weighted by atomic mass is 127. The van der Waals surface area contributed by atoms with Gasteiger partial charge in [-0.3, -0.25) is 9.89 Å². The summed E-state index contributed by atoms with van der Waals surface area (Å²) in [5, 5.41) is 6.52. The zero-order valence-corrected chi connectivity index (χ0v) is 18.0. The topological polar surface area (TPSA) is 48.9 Å². The van der Waals surface area contributed by atoms with Crippen LogP contribution in [0.4, 0.5) is 13.2 Å². The second-order valence-electron chi connectivity index (χ2n) is 7.27. The molecule has 0 aromatic carbocycles. The number of rotatable bonds is 8. The van der Waals surface area contributed by atoms with Crippen molar-refractivity contribution in [2.45, 2.75) is 51.2 Å². The van der Waals surface area contributed by atoms with E-state index in [0.29, 0.717) is 25.5 Å². The predicted octanol–water partition coefficient (Wildman–Crippen LogP) is 3.00. The smallest absolute Gasteiger partial charge is 0.385 e. The van der Waals surface area contributed by atoms with Crippen molar-refractivity contribution in [3.63, 3.8) is 0 Å². The molecule has 2 N–H and O–H groups in total. The Balaban J connectivity index is 0.00000338. The van der Waals surface area contributed by atoms with Crippen molar-refractivity contribution >= 4 is 29.9 Å². The van der Waals surface area contributed by atoms with Crippen LogP contribution in [-0.4, -0.2) is 69.5 Å². The molecule has 1 unspecified atom stereocenters. The molecule has 2 fully saturated rings. The Morgan fingerprint density at radius 3 is 2.62 bits per heavy atom. The van der Waals surface area contributed by atoms with E-state index in [-0.39, 0.29) is 35.4 Å². The van der Waals surface area contributed by atoms with Gasteiger partial charge in [0.1, 0.15) is 0 Å². The van der Waals surface area contributed by atoms with Gasteiger partial charge in [-0.2, -0.15) is 13.2 Å². The summed E-state index contributed by atoms with van der Waals surface area (Å²) in [6.07, 6.45) is 1.15. The van der Waals surface area contributed by atoms with Crippen LogP contribution in [0, 0.1) is 5.41 Å². The number of hydrogen-bond acceptors (Lipinski definition) is 3. The van der Waals surface area contributed by atoms with Crippen LogP contribution in [0.2, 0.25) is 0 Å². The van der Waals surface area contributed by atoms with Crippen LogP contribution in [0.15, 0.2) is 4.99 Å². The van der Waals surface area contributed by atoms with Gasteiger partial charge in [-0.25, -0.2) is 0 Å². The fourth-order valence-electron chi connectivity index (χ4n) is 3.59. The summed E-state index contributed by atoms with van der Waals surface area (Å²) in [5.74, 6) is 0.713. The van der Waals surface area contributed by atoms with E-state index in [2.05, 4.69) is 10.6 Å². The van der Waals surface area contributed by atoms with Crippen LogP contribution < -0.4 is 10.6 Å². The molecule has 154 valence electrons. The summed E-state index contributed by atoms with van der Waals surface area (Å²) in [5.41, 5.74) is 0.232. The van der Waals surface area contributed by atoms with Crippen molar-refractivity contribution in [3.8, 4) is 0 Å². The molecule has 0 aromatic rings. The molecule has 1 saturated heterocycles. The summed E-state index contributed by atoms with van der Waals surface area (Å²) in [6.45, 7) is 4.24. The lowest BCUT2D eigenvalue weighted by molar-refractivity contribution is -0.143. The third kappa shape index (κ3) is 7.75. The minimum Gasteiger partial charge on any atom is -0.385 e. The van der Waals surface area contributed by atoms with Gasteiger partial charge in [-0.05, 0) is 38.0 Å². The van der Waals surface area contributed by atoms with Crippen LogP contribution in [0.5, 0.6) is 0 Å². The van der Waals surface area contributed by atoms with Gasteiger partial charge in [0.25, 0.3) is 0 Å². The van der Waals surface area contributed by atoms with Crippen LogP contribution in [0.25, 0.3) is 0 Å². The quantitative estimate of drug-likeness (QED) is 0.311. The van der Waals surface area contributed by atoms with Crippen LogP contribution in [0.1, 0.15) is 39.0 Å². The maximum absolute atomic E-state index is 12.5. The lowest BCUT2D eigenvalue weighted by atomic mass is 9.67. The Labute approximate surface area is 171 Å². The molecular formula is C17H32F3IN4O. The number of alkyl halides is 3. The van der Waals surface area contributed by atoms with Crippen molar-refractivity contribution in [1.29, 1.82) is 0 Å². The van der Waals surface area contributed by atoms with Gasteiger partial charge < -0.3 is 15.4 Å². The zero-order valence-electron chi connectivity index (χ0n) is 15.7. The average Bonchev–Trinajstić information content (AvgIpc) is 2.91. The summed E-state index contributed by atoms with van der Waals surface area (Å²) in [4.78, 5) is 6.17. The number of guanidine groups is 1. The van der Waals surface area contributed by atoms with Crippen molar-refractivity contribution in [2.24, 2.45) is 10.4 Å². The SMILES string of the molecule is CCNC(=NCC1(CCOC)CCC1)NC1CCN(CC(F)(F)F)C1.I. The molecule has 1 aliphatic heterocycles. The lowest BCUT2D eigenvalue weighted by Crippen LogP contribution is -2.46. The minimum absolute atomic E-state index is 0. The van der Waals surface area contributed by atoms with E-state index in [1.165, 1.54) is 24.2 Å². The Hall–Kier alpha value is -0.290. The maximum Gasteiger partial charge on any atom is 0.401 e. The molecule has 1 atom stereocenters. The summed E-state index contributed by atoms with van der Waals surface area (Å²) < 4.78 is 42.7. The average molecular weight is 492 g/mol. The summed E-state index contributed by atoms with van der Waals surface area (Å²) >= 11 is 0. The highest BCUT2D eigenvalue weighted by Gasteiger charge is 2.37. The number of hydrogen-bond donors (Lipinski definition) is 2. The Kier molecular flexibility index (Phi) is 9.95. The van der Waals surface area contributed by atoms with E-state index in [0.717, 1.165) is 26.1 Å². The first-order valence-corrected chi connectivity index (χ1v) is 9.19. The Bertz CT molecular complexity index is 444. The highest BCUT2D eigenvalue weighted by molar-refractivity contribution is 14.0. The first-order chi connectivity index (χ1) is 11.9. The Morgan fingerprint density at radius 1 is 1.35 bits per heavy atom. The van der Waals surface area contributed by atoms with E-state index < -0.39 is 12.7 Å². The van der Waals surface area contributed by atoms with Gasteiger partial charge in [0, 0.05) is 45.9 Å². The number of nitrogens with zero attached hydrogens (tertiary/aromatic N) is 2. The third-order valence-electron chi connectivity index (χ3n) is 5.18. The van der Waals surface area contributed by atoms with Gasteiger partial charge in [0.2, 0.25) is 0 Å². The number of halogens is 4.